The van der Waals surface area contributed by atoms with Crippen LogP contribution >= 0.6 is 11.8 Å². The number of piperidine rings is 1. The average molecular weight is 482 g/mol. The molecular formula is C27H39N5OS. The largest absolute Gasteiger partial charge is 0.379 e. The maximum absolute atomic E-state index is 5.49. The summed E-state index contributed by atoms with van der Waals surface area (Å²) in [6, 6.07) is 10.8. The number of benzene rings is 1. The highest BCUT2D eigenvalue weighted by atomic mass is 32.2. The Morgan fingerprint density at radius 1 is 0.912 bits per heavy atom. The fourth-order valence-electron chi connectivity index (χ4n) is 5.48. The number of ether oxygens (including phenoxy) is 1. The predicted molar refractivity (Wildman–Crippen MR) is 138 cm³/mol. The van der Waals surface area contributed by atoms with Gasteiger partial charge in [-0.15, -0.1) is 10.2 Å². The van der Waals surface area contributed by atoms with Crippen LogP contribution in [-0.4, -0.2) is 82.8 Å². The molecule has 0 N–H and O–H groups in total. The van der Waals surface area contributed by atoms with E-state index >= 15 is 0 Å². The number of nitrogens with zero attached hydrogens (tertiary/aromatic N) is 5. The van der Waals surface area contributed by atoms with Crippen molar-refractivity contribution in [3.63, 3.8) is 0 Å². The van der Waals surface area contributed by atoms with Crippen LogP contribution in [-0.2, 0) is 11.3 Å². The van der Waals surface area contributed by atoms with Gasteiger partial charge >= 0.3 is 0 Å². The van der Waals surface area contributed by atoms with Crippen molar-refractivity contribution in [2.45, 2.75) is 49.7 Å². The molecule has 3 heterocycles. The molecule has 0 amide bonds. The van der Waals surface area contributed by atoms with Gasteiger partial charge < -0.3 is 14.2 Å². The van der Waals surface area contributed by atoms with Gasteiger partial charge in [0.2, 0.25) is 0 Å². The first-order valence-electron chi connectivity index (χ1n) is 13.1. The van der Waals surface area contributed by atoms with Crippen molar-refractivity contribution in [1.29, 1.82) is 0 Å². The van der Waals surface area contributed by atoms with Gasteiger partial charge in [0, 0.05) is 37.8 Å². The van der Waals surface area contributed by atoms with E-state index in [2.05, 4.69) is 56.9 Å². The van der Waals surface area contributed by atoms with E-state index in [1.54, 1.807) is 0 Å². The minimum Gasteiger partial charge on any atom is -0.379 e. The van der Waals surface area contributed by atoms with Gasteiger partial charge in [-0.25, -0.2) is 0 Å². The molecule has 0 saturated carbocycles. The fraction of sp³-hybridized carbons (Fsp3) is 0.630. The summed E-state index contributed by atoms with van der Waals surface area (Å²) < 4.78 is 7.90. The molecule has 7 heteroatoms. The second-order valence-electron chi connectivity index (χ2n) is 9.94. The van der Waals surface area contributed by atoms with Gasteiger partial charge in [0.25, 0.3) is 0 Å². The van der Waals surface area contributed by atoms with Crippen LogP contribution in [0.2, 0.25) is 0 Å². The number of allylic oxidation sites excluding steroid dienone is 2. The summed E-state index contributed by atoms with van der Waals surface area (Å²) in [6.45, 7) is 9.36. The Labute approximate surface area is 208 Å². The molecular weight excluding hydrogens is 442 g/mol. The van der Waals surface area contributed by atoms with Crippen molar-refractivity contribution in [2.75, 3.05) is 58.2 Å². The molecule has 2 saturated heterocycles. The third-order valence-corrected chi connectivity index (χ3v) is 8.47. The van der Waals surface area contributed by atoms with Crippen LogP contribution < -0.4 is 0 Å². The van der Waals surface area contributed by atoms with E-state index in [1.807, 2.05) is 11.8 Å². The summed E-state index contributed by atoms with van der Waals surface area (Å²) in [5.41, 5.74) is 1.32. The van der Waals surface area contributed by atoms with E-state index in [0.29, 0.717) is 5.92 Å². The van der Waals surface area contributed by atoms with Crippen LogP contribution in [0.3, 0.4) is 0 Å². The minimum atomic E-state index is 0.507. The normalized spacial score (nSPS) is 22.9. The van der Waals surface area contributed by atoms with E-state index in [-0.39, 0.29) is 0 Å². The van der Waals surface area contributed by atoms with Gasteiger partial charge in [-0.3, -0.25) is 4.90 Å². The number of hydrogen-bond donors (Lipinski definition) is 0. The van der Waals surface area contributed by atoms with Crippen LogP contribution in [0.25, 0.3) is 0 Å². The lowest BCUT2D eigenvalue weighted by molar-refractivity contribution is 0.0410. The van der Waals surface area contributed by atoms with Crippen LogP contribution in [0, 0.1) is 5.92 Å². The molecule has 2 fully saturated rings. The molecule has 1 aromatic heterocycles. The van der Waals surface area contributed by atoms with Gasteiger partial charge in [-0.05, 0) is 56.7 Å². The van der Waals surface area contributed by atoms with Gasteiger partial charge in [0.1, 0.15) is 5.82 Å². The SMILES string of the molecule is C1=CCC(CN2CCC(c3nnc(SCCN4CCOCC4)n3Cc3ccccc3)CC2)CC1. The second-order valence-corrected chi connectivity index (χ2v) is 11.0. The molecule has 2 aliphatic heterocycles. The fourth-order valence-corrected chi connectivity index (χ4v) is 6.42. The molecule has 34 heavy (non-hydrogen) atoms. The Morgan fingerprint density at radius 3 is 2.50 bits per heavy atom. The Bertz CT molecular complexity index is 903. The first-order chi connectivity index (χ1) is 16.8. The molecule has 5 rings (SSSR count). The highest BCUT2D eigenvalue weighted by molar-refractivity contribution is 7.99. The maximum atomic E-state index is 5.49. The summed E-state index contributed by atoms with van der Waals surface area (Å²) in [6.07, 6.45) is 11.0. The standard InChI is InChI=1S/C27H39N5OS/c1-3-7-23(8-4-1)21-31-13-11-25(12-14-31)26-28-29-27(32(26)22-24-9-5-2-6-10-24)34-20-17-30-15-18-33-19-16-30/h1-3,5-6,9-10,23,25H,4,7-8,11-22H2. The molecule has 1 aliphatic carbocycles. The van der Waals surface area contributed by atoms with E-state index in [1.165, 1.54) is 63.1 Å². The zero-order valence-corrected chi connectivity index (χ0v) is 21.2. The Balaban J connectivity index is 1.22. The molecule has 1 unspecified atom stereocenters. The summed E-state index contributed by atoms with van der Waals surface area (Å²) in [7, 11) is 0. The van der Waals surface area contributed by atoms with E-state index in [0.717, 1.165) is 56.2 Å². The molecule has 1 aromatic carbocycles. The van der Waals surface area contributed by atoms with Crippen molar-refractivity contribution >= 4 is 11.8 Å². The van der Waals surface area contributed by atoms with E-state index in [4.69, 9.17) is 14.9 Å². The predicted octanol–water partition coefficient (Wildman–Crippen LogP) is 4.29. The summed E-state index contributed by atoms with van der Waals surface area (Å²) in [4.78, 5) is 5.18. The Morgan fingerprint density at radius 2 is 1.74 bits per heavy atom. The second kappa shape index (κ2) is 12.3. The van der Waals surface area contributed by atoms with Crippen molar-refractivity contribution in [2.24, 2.45) is 5.92 Å². The number of hydrogen-bond acceptors (Lipinski definition) is 6. The van der Waals surface area contributed by atoms with Crippen LogP contribution in [0.5, 0.6) is 0 Å². The van der Waals surface area contributed by atoms with E-state index < -0.39 is 0 Å². The van der Waals surface area contributed by atoms with Gasteiger partial charge in [-0.1, -0.05) is 54.2 Å². The maximum Gasteiger partial charge on any atom is 0.191 e. The molecule has 0 spiro atoms. The molecule has 2 aromatic rings. The van der Waals surface area contributed by atoms with Crippen molar-refractivity contribution in [1.82, 2.24) is 24.6 Å². The number of aromatic nitrogens is 3. The third-order valence-electron chi connectivity index (χ3n) is 7.52. The van der Waals surface area contributed by atoms with E-state index in [9.17, 15) is 0 Å². The Kier molecular flexibility index (Phi) is 8.73. The molecule has 0 bridgehead atoms. The highest BCUT2D eigenvalue weighted by Gasteiger charge is 2.27. The summed E-state index contributed by atoms with van der Waals surface area (Å²) in [5, 5.41) is 10.5. The number of thioether (sulfide) groups is 1. The lowest BCUT2D eigenvalue weighted by Crippen LogP contribution is -2.37. The average Bonchev–Trinajstić information content (AvgIpc) is 3.28. The van der Waals surface area contributed by atoms with Crippen molar-refractivity contribution < 1.29 is 4.74 Å². The quantitative estimate of drug-likeness (QED) is 0.393. The number of morpholine rings is 1. The van der Waals surface area contributed by atoms with Gasteiger partial charge in [0.05, 0.1) is 19.8 Å². The van der Waals surface area contributed by atoms with Crippen LogP contribution in [0.4, 0.5) is 0 Å². The number of rotatable bonds is 9. The van der Waals surface area contributed by atoms with Gasteiger partial charge in [0.15, 0.2) is 5.16 Å². The first-order valence-corrected chi connectivity index (χ1v) is 14.1. The summed E-state index contributed by atoms with van der Waals surface area (Å²) >= 11 is 1.86. The van der Waals surface area contributed by atoms with Crippen LogP contribution in [0.1, 0.15) is 49.4 Å². The molecule has 6 nitrogen and oxygen atoms in total. The molecule has 1 atom stereocenters. The van der Waals surface area contributed by atoms with Crippen molar-refractivity contribution in [3.8, 4) is 0 Å². The topological polar surface area (TPSA) is 46.4 Å². The molecule has 3 aliphatic rings. The lowest BCUT2D eigenvalue weighted by atomic mass is 9.91. The minimum absolute atomic E-state index is 0.507. The summed E-state index contributed by atoms with van der Waals surface area (Å²) in [5.74, 6) is 3.59. The Hall–Kier alpha value is -1.67. The van der Waals surface area contributed by atoms with Crippen molar-refractivity contribution in [3.05, 3.63) is 53.9 Å². The number of likely N-dealkylation sites (tertiary alicyclic amines) is 1. The monoisotopic (exact) mass is 481 g/mol. The van der Waals surface area contributed by atoms with Gasteiger partial charge in [-0.2, -0.15) is 0 Å². The highest BCUT2D eigenvalue weighted by Crippen LogP contribution is 2.31. The molecule has 0 radical (unpaired) electrons. The zero-order chi connectivity index (χ0) is 23.0. The smallest absolute Gasteiger partial charge is 0.191 e. The molecule has 184 valence electrons. The third kappa shape index (κ3) is 6.51. The first kappa shape index (κ1) is 24.0. The zero-order valence-electron chi connectivity index (χ0n) is 20.4. The lowest BCUT2D eigenvalue weighted by Gasteiger charge is -2.34. The van der Waals surface area contributed by atoms with Crippen LogP contribution in [0.15, 0.2) is 47.6 Å².